The summed E-state index contributed by atoms with van der Waals surface area (Å²) in [5.74, 6) is 1.26. The molecule has 1 aliphatic heterocycles. The molecule has 3 rings (SSSR count). The Balaban J connectivity index is 1.35. The van der Waals surface area contributed by atoms with Gasteiger partial charge in [0.15, 0.2) is 5.11 Å². The molecule has 4 nitrogen and oxygen atoms in total. The van der Waals surface area contributed by atoms with Gasteiger partial charge in [-0.25, -0.2) is 0 Å². The zero-order valence-corrected chi connectivity index (χ0v) is 17.2. The Kier molecular flexibility index (Phi) is 7.12. The first kappa shape index (κ1) is 19.7. The topological polar surface area (TPSA) is 44.4 Å². The normalized spacial score (nSPS) is 13.7. The standard InChI is InChI=1S/C21H25N3OS2/c1-16-5-11-19(12-6-16)27-15-3-13-22-21(26)23-17-7-9-18(10-8-17)24-14-2-4-20(24)25/h5-12H,2-4,13-15H2,1H3,(H2,22,23,26). The third kappa shape index (κ3) is 5.97. The van der Waals surface area contributed by atoms with Crippen LogP contribution in [-0.4, -0.2) is 29.9 Å². The van der Waals surface area contributed by atoms with Crippen molar-refractivity contribution in [1.82, 2.24) is 5.32 Å². The van der Waals surface area contributed by atoms with E-state index in [0.29, 0.717) is 11.5 Å². The summed E-state index contributed by atoms with van der Waals surface area (Å²) in [4.78, 5) is 14.9. The van der Waals surface area contributed by atoms with E-state index in [2.05, 4.69) is 41.8 Å². The van der Waals surface area contributed by atoms with E-state index in [1.807, 2.05) is 40.9 Å². The number of carbonyl (C=O) groups excluding carboxylic acids is 1. The molecule has 142 valence electrons. The second-order valence-electron chi connectivity index (χ2n) is 6.59. The van der Waals surface area contributed by atoms with Crippen molar-refractivity contribution in [3.8, 4) is 0 Å². The van der Waals surface area contributed by atoms with Gasteiger partial charge in [-0.05, 0) is 74.1 Å². The summed E-state index contributed by atoms with van der Waals surface area (Å²) in [7, 11) is 0. The SMILES string of the molecule is Cc1ccc(SCCCNC(=S)Nc2ccc(N3CCCC3=O)cc2)cc1. The summed E-state index contributed by atoms with van der Waals surface area (Å²) >= 11 is 7.22. The van der Waals surface area contributed by atoms with Crippen LogP contribution in [0.3, 0.4) is 0 Å². The van der Waals surface area contributed by atoms with Crippen LogP contribution in [0.5, 0.6) is 0 Å². The molecular formula is C21H25N3OS2. The van der Waals surface area contributed by atoms with Crippen LogP contribution in [-0.2, 0) is 4.79 Å². The lowest BCUT2D eigenvalue weighted by molar-refractivity contribution is -0.117. The molecule has 0 saturated carbocycles. The van der Waals surface area contributed by atoms with Crippen LogP contribution in [0.1, 0.15) is 24.8 Å². The van der Waals surface area contributed by atoms with Crippen LogP contribution < -0.4 is 15.5 Å². The van der Waals surface area contributed by atoms with Gasteiger partial charge in [0.05, 0.1) is 0 Å². The summed E-state index contributed by atoms with van der Waals surface area (Å²) < 4.78 is 0. The number of hydrogen-bond acceptors (Lipinski definition) is 3. The van der Waals surface area contributed by atoms with Crippen molar-refractivity contribution in [1.29, 1.82) is 0 Å². The molecule has 1 fully saturated rings. The molecule has 0 radical (unpaired) electrons. The molecule has 0 unspecified atom stereocenters. The predicted octanol–water partition coefficient (Wildman–Crippen LogP) is 4.59. The molecule has 0 atom stereocenters. The minimum atomic E-state index is 0.205. The zero-order valence-electron chi connectivity index (χ0n) is 15.5. The van der Waals surface area contributed by atoms with Crippen molar-refractivity contribution >= 4 is 46.4 Å². The molecule has 2 N–H and O–H groups in total. The first-order valence-corrected chi connectivity index (χ1v) is 10.7. The van der Waals surface area contributed by atoms with Gasteiger partial charge >= 0.3 is 0 Å². The fourth-order valence-electron chi connectivity index (χ4n) is 2.92. The largest absolute Gasteiger partial charge is 0.362 e. The fraction of sp³-hybridized carbons (Fsp3) is 0.333. The lowest BCUT2D eigenvalue weighted by Crippen LogP contribution is -2.29. The van der Waals surface area contributed by atoms with Gasteiger partial charge in [0, 0.05) is 35.8 Å². The Hall–Kier alpha value is -2.05. The van der Waals surface area contributed by atoms with Crippen LogP contribution >= 0.6 is 24.0 Å². The van der Waals surface area contributed by atoms with Crippen molar-refractivity contribution < 1.29 is 4.79 Å². The highest BCUT2D eigenvalue weighted by Crippen LogP contribution is 2.23. The van der Waals surface area contributed by atoms with Crippen molar-refractivity contribution in [3.05, 3.63) is 54.1 Å². The molecule has 0 aliphatic carbocycles. The molecule has 1 saturated heterocycles. The van der Waals surface area contributed by atoms with Crippen molar-refractivity contribution in [2.24, 2.45) is 0 Å². The maximum Gasteiger partial charge on any atom is 0.227 e. The number of amides is 1. The van der Waals surface area contributed by atoms with Crippen LogP contribution in [0, 0.1) is 6.92 Å². The third-order valence-electron chi connectivity index (χ3n) is 4.41. The number of hydrogen-bond donors (Lipinski definition) is 2. The molecule has 1 amide bonds. The average molecular weight is 400 g/mol. The number of benzene rings is 2. The van der Waals surface area contributed by atoms with Crippen LogP contribution in [0.15, 0.2) is 53.4 Å². The van der Waals surface area contributed by atoms with Gasteiger partial charge in [-0.2, -0.15) is 0 Å². The molecule has 2 aromatic carbocycles. The van der Waals surface area contributed by atoms with Gasteiger partial charge < -0.3 is 15.5 Å². The fourth-order valence-corrected chi connectivity index (χ4v) is 3.99. The van der Waals surface area contributed by atoms with Gasteiger partial charge in [-0.15, -0.1) is 11.8 Å². The second-order valence-corrected chi connectivity index (χ2v) is 8.17. The van der Waals surface area contributed by atoms with E-state index in [-0.39, 0.29) is 5.91 Å². The Morgan fingerprint density at radius 2 is 1.89 bits per heavy atom. The van der Waals surface area contributed by atoms with Gasteiger partial charge in [0.1, 0.15) is 0 Å². The summed E-state index contributed by atoms with van der Waals surface area (Å²) in [6, 6.07) is 16.5. The third-order valence-corrected chi connectivity index (χ3v) is 5.75. The quantitative estimate of drug-likeness (QED) is 0.405. The minimum Gasteiger partial charge on any atom is -0.362 e. The molecule has 1 aliphatic rings. The maximum absolute atomic E-state index is 11.8. The van der Waals surface area contributed by atoms with E-state index in [1.165, 1.54) is 10.5 Å². The number of anilines is 2. The smallest absolute Gasteiger partial charge is 0.227 e. The first-order chi connectivity index (χ1) is 13.1. The Morgan fingerprint density at radius 1 is 1.15 bits per heavy atom. The lowest BCUT2D eigenvalue weighted by Gasteiger charge is -2.16. The lowest BCUT2D eigenvalue weighted by atomic mass is 10.2. The highest BCUT2D eigenvalue weighted by atomic mass is 32.2. The van der Waals surface area contributed by atoms with Gasteiger partial charge in [-0.3, -0.25) is 4.79 Å². The predicted molar refractivity (Wildman–Crippen MR) is 119 cm³/mol. The van der Waals surface area contributed by atoms with E-state index < -0.39 is 0 Å². The Labute approximate surface area is 170 Å². The average Bonchev–Trinajstić information content (AvgIpc) is 3.09. The molecular weight excluding hydrogens is 374 g/mol. The van der Waals surface area contributed by atoms with E-state index in [9.17, 15) is 4.79 Å². The Morgan fingerprint density at radius 3 is 2.56 bits per heavy atom. The van der Waals surface area contributed by atoms with E-state index in [0.717, 1.165) is 43.1 Å². The van der Waals surface area contributed by atoms with E-state index in [1.54, 1.807) is 0 Å². The number of thiocarbonyl (C=S) groups is 1. The molecule has 0 bridgehead atoms. The van der Waals surface area contributed by atoms with Crippen LogP contribution in [0.25, 0.3) is 0 Å². The Bertz CT molecular complexity index is 775. The van der Waals surface area contributed by atoms with Crippen molar-refractivity contribution in [3.63, 3.8) is 0 Å². The van der Waals surface area contributed by atoms with Gasteiger partial charge in [0.2, 0.25) is 5.91 Å². The molecule has 0 aromatic heterocycles. The second kappa shape index (κ2) is 9.76. The molecule has 6 heteroatoms. The van der Waals surface area contributed by atoms with E-state index in [4.69, 9.17) is 12.2 Å². The summed E-state index contributed by atoms with van der Waals surface area (Å²) in [5, 5.41) is 7.07. The molecule has 0 spiro atoms. The number of thioether (sulfide) groups is 1. The van der Waals surface area contributed by atoms with E-state index >= 15 is 0 Å². The highest BCUT2D eigenvalue weighted by molar-refractivity contribution is 7.99. The zero-order chi connectivity index (χ0) is 19.1. The maximum atomic E-state index is 11.8. The molecule has 1 heterocycles. The van der Waals surface area contributed by atoms with Crippen LogP contribution in [0.4, 0.5) is 11.4 Å². The first-order valence-electron chi connectivity index (χ1n) is 9.26. The van der Waals surface area contributed by atoms with Crippen LogP contribution in [0.2, 0.25) is 0 Å². The van der Waals surface area contributed by atoms with Crippen molar-refractivity contribution in [2.75, 3.05) is 29.1 Å². The number of carbonyl (C=O) groups is 1. The number of nitrogens with zero attached hydrogens (tertiary/aromatic N) is 1. The number of nitrogens with one attached hydrogen (secondary N) is 2. The molecule has 27 heavy (non-hydrogen) atoms. The number of aryl methyl sites for hydroxylation is 1. The summed E-state index contributed by atoms with van der Waals surface area (Å²) in [6.45, 7) is 3.75. The monoisotopic (exact) mass is 399 g/mol. The van der Waals surface area contributed by atoms with Crippen molar-refractivity contribution in [2.45, 2.75) is 31.1 Å². The number of rotatable bonds is 7. The summed E-state index contributed by atoms with van der Waals surface area (Å²) in [6.07, 6.45) is 2.63. The highest BCUT2D eigenvalue weighted by Gasteiger charge is 2.21. The summed E-state index contributed by atoms with van der Waals surface area (Å²) in [5.41, 5.74) is 3.17. The van der Waals surface area contributed by atoms with Gasteiger partial charge in [0.25, 0.3) is 0 Å². The van der Waals surface area contributed by atoms with Gasteiger partial charge in [-0.1, -0.05) is 17.7 Å². The molecule has 2 aromatic rings. The minimum absolute atomic E-state index is 0.205.